The lowest BCUT2D eigenvalue weighted by atomic mass is 10.1. The van der Waals surface area contributed by atoms with Crippen LogP contribution in [-0.2, 0) is 0 Å². The van der Waals surface area contributed by atoms with Crippen LogP contribution in [0.25, 0.3) is 0 Å². The van der Waals surface area contributed by atoms with Crippen molar-refractivity contribution in [3.63, 3.8) is 0 Å². The van der Waals surface area contributed by atoms with Gasteiger partial charge in [0.1, 0.15) is 11.7 Å². The van der Waals surface area contributed by atoms with Crippen molar-refractivity contribution in [2.45, 2.75) is 18.9 Å². The second-order valence-electron chi connectivity index (χ2n) is 5.33. The zero-order chi connectivity index (χ0) is 13.4. The van der Waals surface area contributed by atoms with Gasteiger partial charge in [0, 0.05) is 37.8 Å². The van der Waals surface area contributed by atoms with Crippen LogP contribution >= 0.6 is 0 Å². The highest BCUT2D eigenvalue weighted by Crippen LogP contribution is 2.29. The minimum atomic E-state index is -0.285. The average Bonchev–Trinajstić information content (AvgIpc) is 3.23. The van der Waals surface area contributed by atoms with E-state index in [4.69, 9.17) is 11.1 Å². The van der Waals surface area contributed by atoms with Crippen LogP contribution in [0.4, 0.5) is 10.1 Å². The highest BCUT2D eigenvalue weighted by Gasteiger charge is 2.31. The minimum Gasteiger partial charge on any atom is -0.384 e. The fraction of sp³-hybridized carbons (Fsp3) is 0.500. The van der Waals surface area contributed by atoms with Gasteiger partial charge in [-0.25, -0.2) is 4.39 Å². The molecule has 1 heterocycles. The highest BCUT2D eigenvalue weighted by molar-refractivity contribution is 5.95. The smallest absolute Gasteiger partial charge is 0.147 e. The number of hydrogen-bond donors (Lipinski definition) is 2. The van der Waals surface area contributed by atoms with E-state index in [1.54, 1.807) is 12.1 Å². The lowest BCUT2D eigenvalue weighted by Gasteiger charge is -2.36. The summed E-state index contributed by atoms with van der Waals surface area (Å²) in [6, 6.07) is 5.59. The van der Waals surface area contributed by atoms with Crippen molar-refractivity contribution >= 4 is 11.5 Å². The summed E-state index contributed by atoms with van der Waals surface area (Å²) in [4.78, 5) is 4.58. The molecule has 1 aromatic carbocycles. The molecule has 0 aromatic heterocycles. The molecule has 0 amide bonds. The molecule has 2 fully saturated rings. The molecule has 1 aliphatic heterocycles. The monoisotopic (exact) mass is 262 g/mol. The van der Waals surface area contributed by atoms with Crippen molar-refractivity contribution in [3.05, 3.63) is 29.6 Å². The van der Waals surface area contributed by atoms with Crippen LogP contribution in [0.5, 0.6) is 0 Å². The third kappa shape index (κ3) is 2.56. The van der Waals surface area contributed by atoms with Gasteiger partial charge >= 0.3 is 0 Å². The van der Waals surface area contributed by atoms with Crippen LogP contribution in [0.1, 0.15) is 18.4 Å². The predicted molar refractivity (Wildman–Crippen MR) is 74.2 cm³/mol. The molecule has 0 unspecified atom stereocenters. The number of nitrogens with zero attached hydrogens (tertiary/aromatic N) is 2. The van der Waals surface area contributed by atoms with Crippen LogP contribution in [0.3, 0.4) is 0 Å². The Kier molecular flexibility index (Phi) is 3.14. The van der Waals surface area contributed by atoms with Crippen molar-refractivity contribution in [2.24, 2.45) is 5.73 Å². The number of nitrogen functional groups attached to an aromatic ring is 1. The Hall–Kier alpha value is -1.62. The van der Waals surface area contributed by atoms with E-state index < -0.39 is 0 Å². The largest absolute Gasteiger partial charge is 0.384 e. The molecule has 19 heavy (non-hydrogen) atoms. The maximum Gasteiger partial charge on any atom is 0.147 e. The van der Waals surface area contributed by atoms with Crippen LogP contribution < -0.4 is 10.6 Å². The standard InChI is InChI=1S/C14H19FN4/c15-12-9-10(14(16)17)1-4-13(12)19-7-5-18(6-8-19)11-2-3-11/h1,4,9,11H,2-3,5-8H2,(H3,16,17). The number of rotatable bonds is 3. The van der Waals surface area contributed by atoms with Gasteiger partial charge in [-0.3, -0.25) is 10.3 Å². The molecule has 1 saturated carbocycles. The van der Waals surface area contributed by atoms with Crippen LogP contribution in [0.15, 0.2) is 18.2 Å². The van der Waals surface area contributed by atoms with Gasteiger partial charge < -0.3 is 10.6 Å². The first-order valence-electron chi connectivity index (χ1n) is 6.78. The van der Waals surface area contributed by atoms with Gasteiger partial charge in [0.25, 0.3) is 0 Å². The molecular weight excluding hydrogens is 243 g/mol. The second kappa shape index (κ2) is 4.81. The van der Waals surface area contributed by atoms with Gasteiger partial charge in [-0.1, -0.05) is 0 Å². The topological polar surface area (TPSA) is 56.4 Å². The number of anilines is 1. The molecule has 1 aromatic rings. The van der Waals surface area contributed by atoms with E-state index in [-0.39, 0.29) is 11.7 Å². The van der Waals surface area contributed by atoms with Crippen LogP contribution in [-0.4, -0.2) is 43.0 Å². The third-order valence-corrected chi connectivity index (χ3v) is 3.98. The van der Waals surface area contributed by atoms with E-state index in [2.05, 4.69) is 9.80 Å². The summed E-state index contributed by atoms with van der Waals surface area (Å²) < 4.78 is 14.1. The molecule has 4 nitrogen and oxygen atoms in total. The van der Waals surface area contributed by atoms with E-state index in [0.717, 1.165) is 32.2 Å². The summed E-state index contributed by atoms with van der Waals surface area (Å²) in [5, 5.41) is 7.32. The summed E-state index contributed by atoms with van der Waals surface area (Å²) in [6.45, 7) is 3.76. The Morgan fingerprint density at radius 3 is 2.42 bits per heavy atom. The zero-order valence-corrected chi connectivity index (χ0v) is 10.9. The molecule has 1 aliphatic carbocycles. The van der Waals surface area contributed by atoms with Gasteiger partial charge in [-0.2, -0.15) is 0 Å². The molecule has 3 N–H and O–H groups in total. The normalized spacial score (nSPS) is 20.6. The molecule has 0 spiro atoms. The molecule has 1 saturated heterocycles. The molecule has 2 aliphatic rings. The first kappa shape index (κ1) is 12.4. The molecule has 0 radical (unpaired) electrons. The Bertz CT molecular complexity index is 490. The Morgan fingerprint density at radius 2 is 1.89 bits per heavy atom. The minimum absolute atomic E-state index is 0.0935. The summed E-state index contributed by atoms with van der Waals surface area (Å²) in [5.74, 6) is -0.378. The maximum absolute atomic E-state index is 14.1. The lowest BCUT2D eigenvalue weighted by molar-refractivity contribution is 0.247. The quantitative estimate of drug-likeness (QED) is 0.639. The van der Waals surface area contributed by atoms with Crippen molar-refractivity contribution in [3.8, 4) is 0 Å². The SMILES string of the molecule is N=C(N)c1ccc(N2CCN(C3CC3)CC2)c(F)c1. The van der Waals surface area contributed by atoms with Crippen molar-refractivity contribution in [2.75, 3.05) is 31.1 Å². The van der Waals surface area contributed by atoms with E-state index in [1.165, 1.54) is 18.9 Å². The molecule has 0 bridgehead atoms. The lowest BCUT2D eigenvalue weighted by Crippen LogP contribution is -2.47. The zero-order valence-electron chi connectivity index (χ0n) is 10.9. The van der Waals surface area contributed by atoms with E-state index in [0.29, 0.717) is 11.3 Å². The van der Waals surface area contributed by atoms with E-state index in [1.807, 2.05) is 0 Å². The highest BCUT2D eigenvalue weighted by atomic mass is 19.1. The van der Waals surface area contributed by atoms with Crippen molar-refractivity contribution in [1.29, 1.82) is 5.41 Å². The first-order chi connectivity index (χ1) is 9.15. The average molecular weight is 262 g/mol. The van der Waals surface area contributed by atoms with E-state index in [9.17, 15) is 4.39 Å². The van der Waals surface area contributed by atoms with Gasteiger partial charge in [0.15, 0.2) is 0 Å². The molecule has 102 valence electrons. The van der Waals surface area contributed by atoms with Gasteiger partial charge in [0.05, 0.1) is 5.69 Å². The fourth-order valence-electron chi connectivity index (χ4n) is 2.70. The summed E-state index contributed by atoms with van der Waals surface area (Å²) in [6.07, 6.45) is 2.64. The second-order valence-corrected chi connectivity index (χ2v) is 5.33. The van der Waals surface area contributed by atoms with Crippen molar-refractivity contribution < 1.29 is 4.39 Å². The molecular formula is C14H19FN4. The fourth-order valence-corrected chi connectivity index (χ4v) is 2.70. The number of halogens is 1. The third-order valence-electron chi connectivity index (χ3n) is 3.98. The maximum atomic E-state index is 14.1. The Labute approximate surface area is 112 Å². The Balaban J connectivity index is 1.70. The van der Waals surface area contributed by atoms with Crippen molar-refractivity contribution in [1.82, 2.24) is 4.90 Å². The van der Waals surface area contributed by atoms with E-state index >= 15 is 0 Å². The number of nitrogens with two attached hydrogens (primary N) is 1. The number of benzene rings is 1. The molecule has 5 heteroatoms. The molecule has 3 rings (SSSR count). The Morgan fingerprint density at radius 1 is 1.21 bits per heavy atom. The van der Waals surface area contributed by atoms with Crippen LogP contribution in [0.2, 0.25) is 0 Å². The number of nitrogens with one attached hydrogen (secondary N) is 1. The van der Waals surface area contributed by atoms with Gasteiger partial charge in [0.2, 0.25) is 0 Å². The number of piperazine rings is 1. The summed E-state index contributed by atoms with van der Waals surface area (Å²) >= 11 is 0. The first-order valence-corrected chi connectivity index (χ1v) is 6.78. The van der Waals surface area contributed by atoms with Crippen LogP contribution in [0, 0.1) is 11.2 Å². The summed E-state index contributed by atoms with van der Waals surface area (Å²) in [7, 11) is 0. The summed E-state index contributed by atoms with van der Waals surface area (Å²) in [5.41, 5.74) is 6.43. The number of amidine groups is 1. The van der Waals surface area contributed by atoms with Gasteiger partial charge in [-0.15, -0.1) is 0 Å². The number of hydrogen-bond acceptors (Lipinski definition) is 3. The predicted octanol–water partition coefficient (Wildman–Crippen LogP) is 1.39. The molecule has 0 atom stereocenters. The van der Waals surface area contributed by atoms with Gasteiger partial charge in [-0.05, 0) is 31.0 Å².